The zero-order valence-corrected chi connectivity index (χ0v) is 17.3. The van der Waals surface area contributed by atoms with E-state index in [4.69, 9.17) is 4.74 Å². The Bertz CT molecular complexity index is 1080. The Labute approximate surface area is 173 Å². The molecule has 2 aliphatic rings. The molecule has 1 fully saturated rings. The molecule has 2 heterocycles. The Morgan fingerprint density at radius 2 is 1.55 bits per heavy atom. The maximum atomic E-state index is 10.0. The third kappa shape index (κ3) is 3.07. The van der Waals surface area contributed by atoms with Crippen LogP contribution in [0.1, 0.15) is 29.5 Å². The van der Waals surface area contributed by atoms with Crippen LogP contribution in [0.4, 0.5) is 5.69 Å². The number of anilines is 1. The van der Waals surface area contributed by atoms with E-state index in [1.165, 1.54) is 46.1 Å². The van der Waals surface area contributed by atoms with Gasteiger partial charge in [-0.15, -0.1) is 0 Å². The molecule has 3 aromatic rings. The molecule has 0 radical (unpaired) electrons. The van der Waals surface area contributed by atoms with Crippen molar-refractivity contribution in [3.8, 4) is 17.2 Å². The molecular formula is C25H26BNO2. The second kappa shape index (κ2) is 6.87. The smallest absolute Gasteiger partial charge is 0.251 e. The van der Waals surface area contributed by atoms with Gasteiger partial charge in [0.2, 0.25) is 0 Å². The van der Waals surface area contributed by atoms with Gasteiger partial charge < -0.3 is 14.7 Å². The number of hydrogen-bond donors (Lipinski definition) is 1. The number of fused-ring (bicyclic) bond motifs is 2. The number of aryl methyl sites for hydroxylation is 3. The van der Waals surface area contributed by atoms with Crippen molar-refractivity contribution in [3.05, 3.63) is 65.2 Å². The summed E-state index contributed by atoms with van der Waals surface area (Å²) in [6, 6.07) is 16.6. The van der Waals surface area contributed by atoms with Gasteiger partial charge in [0.25, 0.3) is 6.71 Å². The molecule has 4 heteroatoms. The van der Waals surface area contributed by atoms with Crippen LogP contribution in [0.2, 0.25) is 0 Å². The number of hydrogen-bond acceptors (Lipinski definition) is 3. The number of aromatic hydroxyl groups is 1. The van der Waals surface area contributed by atoms with Crippen molar-refractivity contribution >= 4 is 28.8 Å². The fourth-order valence-corrected chi connectivity index (χ4v) is 5.12. The van der Waals surface area contributed by atoms with E-state index in [0.717, 1.165) is 30.1 Å². The van der Waals surface area contributed by atoms with Gasteiger partial charge in [0.15, 0.2) is 0 Å². The Morgan fingerprint density at radius 3 is 2.28 bits per heavy atom. The normalized spacial score (nSPS) is 15.1. The lowest BCUT2D eigenvalue weighted by atomic mass is 9.34. The fraction of sp³-hybridized carbons (Fsp3) is 0.280. The zero-order valence-electron chi connectivity index (χ0n) is 17.3. The highest BCUT2D eigenvalue weighted by Gasteiger charge is 2.35. The Kier molecular flexibility index (Phi) is 4.31. The monoisotopic (exact) mass is 383 g/mol. The van der Waals surface area contributed by atoms with Gasteiger partial charge in [-0.05, 0) is 68.8 Å². The third-order valence-corrected chi connectivity index (χ3v) is 6.33. The zero-order chi connectivity index (χ0) is 20.1. The summed E-state index contributed by atoms with van der Waals surface area (Å²) in [5, 5.41) is 10.0. The van der Waals surface area contributed by atoms with E-state index in [1.807, 2.05) is 6.07 Å². The van der Waals surface area contributed by atoms with E-state index < -0.39 is 0 Å². The van der Waals surface area contributed by atoms with Crippen molar-refractivity contribution in [2.45, 2.75) is 33.6 Å². The van der Waals surface area contributed by atoms with Gasteiger partial charge in [0.1, 0.15) is 17.2 Å². The van der Waals surface area contributed by atoms with Crippen molar-refractivity contribution in [1.29, 1.82) is 0 Å². The first-order valence-corrected chi connectivity index (χ1v) is 10.5. The van der Waals surface area contributed by atoms with Gasteiger partial charge in [0.05, 0.1) is 0 Å². The van der Waals surface area contributed by atoms with Gasteiger partial charge in [-0.3, -0.25) is 0 Å². The van der Waals surface area contributed by atoms with Gasteiger partial charge in [-0.1, -0.05) is 40.4 Å². The Hall–Kier alpha value is -2.88. The van der Waals surface area contributed by atoms with Gasteiger partial charge in [-0.25, -0.2) is 0 Å². The highest BCUT2D eigenvalue weighted by atomic mass is 16.5. The van der Waals surface area contributed by atoms with Gasteiger partial charge >= 0.3 is 0 Å². The number of ether oxygens (including phenoxy) is 1. The van der Waals surface area contributed by atoms with Crippen molar-refractivity contribution < 1.29 is 9.84 Å². The lowest BCUT2D eigenvalue weighted by Crippen LogP contribution is -2.56. The van der Waals surface area contributed by atoms with Crippen molar-refractivity contribution in [1.82, 2.24) is 0 Å². The van der Waals surface area contributed by atoms with Crippen LogP contribution >= 0.6 is 0 Å². The molecule has 1 N–H and O–H groups in total. The molecule has 0 amide bonds. The van der Waals surface area contributed by atoms with Crippen molar-refractivity contribution in [2.24, 2.45) is 0 Å². The summed E-state index contributed by atoms with van der Waals surface area (Å²) in [6.07, 6.45) is 2.52. The van der Waals surface area contributed by atoms with Gasteiger partial charge in [-0.2, -0.15) is 0 Å². The molecule has 29 heavy (non-hydrogen) atoms. The molecule has 1 saturated heterocycles. The minimum Gasteiger partial charge on any atom is -0.508 e. The largest absolute Gasteiger partial charge is 0.508 e. The van der Waals surface area contributed by atoms with Crippen LogP contribution in [0, 0.1) is 20.8 Å². The third-order valence-electron chi connectivity index (χ3n) is 6.33. The topological polar surface area (TPSA) is 32.7 Å². The maximum absolute atomic E-state index is 10.0. The predicted molar refractivity (Wildman–Crippen MR) is 121 cm³/mol. The lowest BCUT2D eigenvalue weighted by Gasteiger charge is -2.30. The molecule has 3 nitrogen and oxygen atoms in total. The first-order valence-electron chi connectivity index (χ1n) is 10.5. The molecule has 0 bridgehead atoms. The number of nitrogens with zero attached hydrogens (tertiary/aromatic N) is 1. The number of phenols is 1. The molecule has 0 saturated carbocycles. The van der Waals surface area contributed by atoms with E-state index in [1.54, 1.807) is 12.1 Å². The SMILES string of the molecule is Cc1cc(C)c(B2c3ccc(O)cc3Oc3ccc(N4CCCC4)cc32)c(C)c1. The van der Waals surface area contributed by atoms with Crippen LogP contribution in [0.5, 0.6) is 17.2 Å². The standard InChI is InChI=1S/C25H26BNO2/c1-16-12-17(2)25(18(3)13-16)26-21-8-7-20(28)15-24(21)29-23-9-6-19(14-22(23)26)27-10-4-5-11-27/h6-9,12-15,28H,4-5,10-11H2,1-3H3. The minimum atomic E-state index is 0.0949. The molecule has 2 aliphatic heterocycles. The molecule has 0 aromatic heterocycles. The van der Waals surface area contributed by atoms with E-state index in [9.17, 15) is 5.11 Å². The predicted octanol–water partition coefficient (Wildman–Crippen LogP) is 3.54. The molecular weight excluding hydrogens is 357 g/mol. The average molecular weight is 383 g/mol. The summed E-state index contributed by atoms with van der Waals surface area (Å²) in [7, 11) is 0. The summed E-state index contributed by atoms with van der Waals surface area (Å²) in [6.45, 7) is 8.90. The molecule has 0 aliphatic carbocycles. The lowest BCUT2D eigenvalue weighted by molar-refractivity contribution is 0.457. The summed E-state index contributed by atoms with van der Waals surface area (Å²) < 4.78 is 6.25. The van der Waals surface area contributed by atoms with Crippen LogP contribution in [0.3, 0.4) is 0 Å². The van der Waals surface area contributed by atoms with E-state index in [0.29, 0.717) is 0 Å². The van der Waals surface area contributed by atoms with Crippen LogP contribution in [0.15, 0.2) is 48.5 Å². The summed E-state index contributed by atoms with van der Waals surface area (Å²) in [5.41, 5.74) is 8.82. The van der Waals surface area contributed by atoms with Gasteiger partial charge in [0, 0.05) is 24.8 Å². The maximum Gasteiger partial charge on any atom is 0.251 e. The molecule has 146 valence electrons. The van der Waals surface area contributed by atoms with E-state index in [-0.39, 0.29) is 12.5 Å². The summed E-state index contributed by atoms with van der Waals surface area (Å²) in [5.74, 6) is 1.86. The second-order valence-electron chi connectivity index (χ2n) is 8.49. The number of phenolic OH excluding ortho intramolecular Hbond substituents is 1. The van der Waals surface area contributed by atoms with E-state index in [2.05, 4.69) is 56.0 Å². The van der Waals surface area contributed by atoms with Crippen LogP contribution in [-0.4, -0.2) is 24.9 Å². The quantitative estimate of drug-likeness (QED) is 0.538. The molecule has 0 atom stereocenters. The minimum absolute atomic E-state index is 0.0949. The highest BCUT2D eigenvalue weighted by Crippen LogP contribution is 2.30. The summed E-state index contributed by atoms with van der Waals surface area (Å²) in [4.78, 5) is 2.47. The second-order valence-corrected chi connectivity index (χ2v) is 8.49. The molecule has 0 unspecified atom stereocenters. The van der Waals surface area contributed by atoms with Crippen LogP contribution in [0.25, 0.3) is 0 Å². The molecule has 3 aromatic carbocycles. The number of benzene rings is 3. The van der Waals surface area contributed by atoms with Crippen molar-refractivity contribution in [3.63, 3.8) is 0 Å². The number of rotatable bonds is 2. The van der Waals surface area contributed by atoms with Crippen molar-refractivity contribution in [2.75, 3.05) is 18.0 Å². The first-order chi connectivity index (χ1) is 14.0. The van der Waals surface area contributed by atoms with E-state index >= 15 is 0 Å². The Balaban J connectivity index is 1.74. The van der Waals surface area contributed by atoms with Crippen LogP contribution in [-0.2, 0) is 0 Å². The summed E-state index contributed by atoms with van der Waals surface area (Å²) >= 11 is 0. The van der Waals surface area contributed by atoms with Crippen LogP contribution < -0.4 is 26.0 Å². The molecule has 5 rings (SSSR count). The molecule has 0 spiro atoms. The average Bonchev–Trinajstić information content (AvgIpc) is 3.21. The fourth-order valence-electron chi connectivity index (χ4n) is 5.12. The Morgan fingerprint density at radius 1 is 0.828 bits per heavy atom. The highest BCUT2D eigenvalue weighted by molar-refractivity contribution is 6.97. The first kappa shape index (κ1) is 18.2.